The molecule has 72 valence electrons. The lowest BCUT2D eigenvalue weighted by Gasteiger charge is -2.05. The summed E-state index contributed by atoms with van der Waals surface area (Å²) >= 11 is 5.78. The Morgan fingerprint density at radius 2 is 2.07 bits per heavy atom. The van der Waals surface area contributed by atoms with E-state index in [1.807, 2.05) is 18.2 Å². The number of aromatic nitrogens is 1. The number of rotatable bonds is 1. The Balaban J connectivity index is 2.63. The lowest BCUT2D eigenvalue weighted by atomic mass is 10.1. The first kappa shape index (κ1) is 9.44. The van der Waals surface area contributed by atoms with Crippen molar-refractivity contribution in [2.24, 2.45) is 0 Å². The number of hydrogen-bond acceptors (Lipinski definition) is 2. The molecule has 1 N–H and O–H groups in total. The van der Waals surface area contributed by atoms with Gasteiger partial charge in [0, 0.05) is 11.6 Å². The molecule has 2 rings (SSSR count). The second kappa shape index (κ2) is 3.56. The van der Waals surface area contributed by atoms with Crippen LogP contribution in [0.3, 0.4) is 0 Å². The molecule has 0 radical (unpaired) electrons. The molecule has 0 saturated carbocycles. The van der Waals surface area contributed by atoms with Crippen LogP contribution >= 0.6 is 11.6 Å². The second-order valence-electron chi connectivity index (χ2n) is 3.29. The highest BCUT2D eigenvalue weighted by Gasteiger charge is 2.02. The van der Waals surface area contributed by atoms with E-state index in [1.165, 1.54) is 0 Å². The van der Waals surface area contributed by atoms with E-state index in [1.54, 1.807) is 19.2 Å². The summed E-state index contributed by atoms with van der Waals surface area (Å²) in [5.41, 5.74) is 0.889. The third-order valence-corrected chi connectivity index (χ3v) is 2.40. The number of pyridine rings is 1. The van der Waals surface area contributed by atoms with Crippen LogP contribution in [0.25, 0.3) is 10.8 Å². The average molecular weight is 208 g/mol. The van der Waals surface area contributed by atoms with Gasteiger partial charge in [-0.05, 0) is 30.0 Å². The number of nitrogens with zero attached hydrogens (tertiary/aromatic N) is 1. The first-order chi connectivity index (χ1) is 6.66. The molecule has 0 saturated heterocycles. The molecule has 0 aliphatic carbocycles. The van der Waals surface area contributed by atoms with Crippen molar-refractivity contribution in [2.75, 3.05) is 0 Å². The van der Waals surface area contributed by atoms with Crippen molar-refractivity contribution < 1.29 is 5.11 Å². The Labute approximate surface area is 87.2 Å². The molecule has 14 heavy (non-hydrogen) atoms. The van der Waals surface area contributed by atoms with Gasteiger partial charge in [0.2, 0.25) is 0 Å². The fraction of sp³-hybridized carbons (Fsp3) is 0.182. The standard InChI is InChI=1S/C11H10ClNO/c1-7(14)8-2-3-9-6-13-11(12)5-10(9)4-8/h2-7,14H,1H3/t7-/m1/s1. The molecule has 1 aromatic carbocycles. The van der Waals surface area contributed by atoms with Crippen molar-refractivity contribution >= 4 is 22.4 Å². The summed E-state index contributed by atoms with van der Waals surface area (Å²) < 4.78 is 0. The molecule has 1 atom stereocenters. The monoisotopic (exact) mass is 207 g/mol. The molecule has 0 fully saturated rings. The summed E-state index contributed by atoms with van der Waals surface area (Å²) in [4.78, 5) is 3.98. The smallest absolute Gasteiger partial charge is 0.129 e. The van der Waals surface area contributed by atoms with E-state index >= 15 is 0 Å². The molecule has 2 aromatic rings. The maximum Gasteiger partial charge on any atom is 0.129 e. The number of fused-ring (bicyclic) bond motifs is 1. The van der Waals surface area contributed by atoms with Crippen LogP contribution in [0, 0.1) is 0 Å². The average Bonchev–Trinajstić information content (AvgIpc) is 2.16. The number of hydrogen-bond donors (Lipinski definition) is 1. The van der Waals surface area contributed by atoms with E-state index in [0.717, 1.165) is 16.3 Å². The summed E-state index contributed by atoms with van der Waals surface area (Å²) in [5.74, 6) is 0. The van der Waals surface area contributed by atoms with Gasteiger partial charge in [-0.1, -0.05) is 23.7 Å². The molecular weight excluding hydrogens is 198 g/mol. The van der Waals surface area contributed by atoms with Crippen molar-refractivity contribution in [3.8, 4) is 0 Å². The van der Waals surface area contributed by atoms with Gasteiger partial charge in [0.1, 0.15) is 5.15 Å². The summed E-state index contributed by atoms with van der Waals surface area (Å²) in [6.45, 7) is 1.74. The number of halogens is 1. The molecule has 1 aromatic heterocycles. The van der Waals surface area contributed by atoms with Gasteiger partial charge in [0.05, 0.1) is 6.10 Å². The minimum absolute atomic E-state index is 0.452. The van der Waals surface area contributed by atoms with E-state index < -0.39 is 6.10 Å². The van der Waals surface area contributed by atoms with Crippen molar-refractivity contribution in [3.63, 3.8) is 0 Å². The summed E-state index contributed by atoms with van der Waals surface area (Å²) in [6.07, 6.45) is 1.27. The maximum atomic E-state index is 9.40. The van der Waals surface area contributed by atoms with Gasteiger partial charge in [-0.2, -0.15) is 0 Å². The Bertz CT molecular complexity index is 468. The molecule has 0 amide bonds. The molecule has 0 bridgehead atoms. The fourth-order valence-corrected chi connectivity index (χ4v) is 1.56. The van der Waals surface area contributed by atoms with Crippen molar-refractivity contribution in [1.29, 1.82) is 0 Å². The van der Waals surface area contributed by atoms with E-state index in [0.29, 0.717) is 5.15 Å². The van der Waals surface area contributed by atoms with Crippen LogP contribution in [0.15, 0.2) is 30.5 Å². The van der Waals surface area contributed by atoms with E-state index in [-0.39, 0.29) is 0 Å². The molecule has 0 aliphatic heterocycles. The molecule has 2 nitrogen and oxygen atoms in total. The molecule has 0 aliphatic rings. The first-order valence-corrected chi connectivity index (χ1v) is 4.78. The second-order valence-corrected chi connectivity index (χ2v) is 3.68. The molecule has 3 heteroatoms. The van der Waals surface area contributed by atoms with Gasteiger partial charge in [-0.3, -0.25) is 0 Å². The Hall–Kier alpha value is -1.12. The largest absolute Gasteiger partial charge is 0.389 e. The van der Waals surface area contributed by atoms with Gasteiger partial charge < -0.3 is 5.11 Å². The third kappa shape index (κ3) is 1.72. The third-order valence-electron chi connectivity index (χ3n) is 2.19. The summed E-state index contributed by atoms with van der Waals surface area (Å²) in [5, 5.41) is 11.9. The van der Waals surface area contributed by atoms with Crippen molar-refractivity contribution in [1.82, 2.24) is 4.98 Å². The van der Waals surface area contributed by atoms with Crippen LogP contribution in [-0.2, 0) is 0 Å². The number of benzene rings is 1. The zero-order chi connectivity index (χ0) is 10.1. The van der Waals surface area contributed by atoms with Gasteiger partial charge in [-0.15, -0.1) is 0 Å². The Kier molecular flexibility index (Phi) is 2.40. The summed E-state index contributed by atoms with van der Waals surface area (Å²) in [7, 11) is 0. The summed E-state index contributed by atoms with van der Waals surface area (Å²) in [6, 6.07) is 7.54. The minimum atomic E-state index is -0.452. The maximum absolute atomic E-state index is 9.40. The van der Waals surface area contributed by atoms with Gasteiger partial charge in [0.25, 0.3) is 0 Å². The molecular formula is C11H10ClNO. The Morgan fingerprint density at radius 3 is 2.79 bits per heavy atom. The normalized spacial score (nSPS) is 13.1. The van der Waals surface area contributed by atoms with Crippen LogP contribution in [0.1, 0.15) is 18.6 Å². The van der Waals surface area contributed by atoms with E-state index in [2.05, 4.69) is 4.98 Å². The van der Waals surface area contributed by atoms with Crippen LogP contribution < -0.4 is 0 Å². The van der Waals surface area contributed by atoms with Crippen LogP contribution in [-0.4, -0.2) is 10.1 Å². The van der Waals surface area contributed by atoms with Crippen molar-refractivity contribution in [3.05, 3.63) is 41.2 Å². The zero-order valence-electron chi connectivity index (χ0n) is 7.74. The van der Waals surface area contributed by atoms with Crippen LogP contribution in [0.5, 0.6) is 0 Å². The molecule has 1 heterocycles. The van der Waals surface area contributed by atoms with Crippen molar-refractivity contribution in [2.45, 2.75) is 13.0 Å². The molecule has 0 unspecified atom stereocenters. The highest BCUT2D eigenvalue weighted by atomic mass is 35.5. The van der Waals surface area contributed by atoms with Gasteiger partial charge in [-0.25, -0.2) is 4.98 Å². The van der Waals surface area contributed by atoms with Crippen LogP contribution in [0.4, 0.5) is 0 Å². The predicted molar refractivity (Wildman–Crippen MR) is 57.4 cm³/mol. The Morgan fingerprint density at radius 1 is 1.29 bits per heavy atom. The van der Waals surface area contributed by atoms with E-state index in [9.17, 15) is 5.11 Å². The number of aliphatic hydroxyl groups is 1. The van der Waals surface area contributed by atoms with Crippen LogP contribution in [0.2, 0.25) is 5.15 Å². The molecule has 0 spiro atoms. The highest BCUT2D eigenvalue weighted by molar-refractivity contribution is 6.30. The minimum Gasteiger partial charge on any atom is -0.389 e. The topological polar surface area (TPSA) is 33.1 Å². The highest BCUT2D eigenvalue weighted by Crippen LogP contribution is 2.21. The predicted octanol–water partition coefficient (Wildman–Crippen LogP) is 2.94. The van der Waals surface area contributed by atoms with E-state index in [4.69, 9.17) is 11.6 Å². The quantitative estimate of drug-likeness (QED) is 0.730. The van der Waals surface area contributed by atoms with Gasteiger partial charge in [0.15, 0.2) is 0 Å². The lowest BCUT2D eigenvalue weighted by Crippen LogP contribution is -1.90. The number of aliphatic hydroxyl groups excluding tert-OH is 1. The SMILES string of the molecule is C[C@@H](O)c1ccc2cnc(Cl)cc2c1. The zero-order valence-corrected chi connectivity index (χ0v) is 8.49. The first-order valence-electron chi connectivity index (χ1n) is 4.40. The fourth-order valence-electron chi connectivity index (χ4n) is 1.39. The van der Waals surface area contributed by atoms with Gasteiger partial charge >= 0.3 is 0 Å². The lowest BCUT2D eigenvalue weighted by molar-refractivity contribution is 0.199.